The molecule has 0 radical (unpaired) electrons. The van der Waals surface area contributed by atoms with Gasteiger partial charge in [0.15, 0.2) is 0 Å². The molecule has 2 rings (SSSR count). The average molecular weight is 295 g/mol. The fourth-order valence-corrected chi connectivity index (χ4v) is 3.21. The summed E-state index contributed by atoms with van der Waals surface area (Å²) in [6.45, 7) is 4.16. The molecular formula is C14H19BrN2. The van der Waals surface area contributed by atoms with Crippen molar-refractivity contribution in [3.05, 3.63) is 27.7 Å². The molecule has 0 aliphatic heterocycles. The highest BCUT2D eigenvalue weighted by Gasteiger charge is 2.19. The Morgan fingerprint density at radius 3 is 2.29 bits per heavy atom. The van der Waals surface area contributed by atoms with Gasteiger partial charge in [0.05, 0.1) is 5.69 Å². The molecule has 1 aromatic carbocycles. The van der Waals surface area contributed by atoms with Crippen molar-refractivity contribution in [1.82, 2.24) is 0 Å². The van der Waals surface area contributed by atoms with Crippen LogP contribution in [0.3, 0.4) is 0 Å². The van der Waals surface area contributed by atoms with E-state index in [4.69, 9.17) is 5.73 Å². The van der Waals surface area contributed by atoms with E-state index in [-0.39, 0.29) is 0 Å². The number of aryl methyl sites for hydroxylation is 2. The first-order valence-electron chi connectivity index (χ1n) is 6.18. The monoisotopic (exact) mass is 294 g/mol. The van der Waals surface area contributed by atoms with Crippen LogP contribution < -0.4 is 5.73 Å². The molecule has 0 bridgehead atoms. The lowest BCUT2D eigenvalue weighted by molar-refractivity contribution is 0.722. The molecule has 0 saturated heterocycles. The van der Waals surface area contributed by atoms with E-state index in [1.54, 1.807) is 0 Å². The van der Waals surface area contributed by atoms with Crippen LogP contribution in [0.1, 0.15) is 36.8 Å². The molecule has 17 heavy (non-hydrogen) atoms. The molecule has 3 heteroatoms. The molecule has 92 valence electrons. The van der Waals surface area contributed by atoms with Gasteiger partial charge in [-0.2, -0.15) is 0 Å². The number of nitrogens with zero attached hydrogens (tertiary/aromatic N) is 1. The van der Waals surface area contributed by atoms with Crippen LogP contribution in [0.15, 0.2) is 21.6 Å². The van der Waals surface area contributed by atoms with E-state index in [9.17, 15) is 0 Å². The summed E-state index contributed by atoms with van der Waals surface area (Å²) in [7, 11) is 0. The Morgan fingerprint density at radius 1 is 1.24 bits per heavy atom. The zero-order chi connectivity index (χ0) is 12.4. The van der Waals surface area contributed by atoms with Gasteiger partial charge in [-0.15, -0.1) is 0 Å². The normalized spacial score (nSPS) is 17.7. The van der Waals surface area contributed by atoms with Crippen molar-refractivity contribution in [2.24, 2.45) is 16.6 Å². The Labute approximate surface area is 111 Å². The van der Waals surface area contributed by atoms with Crippen molar-refractivity contribution < 1.29 is 0 Å². The highest BCUT2D eigenvalue weighted by atomic mass is 79.9. The van der Waals surface area contributed by atoms with Crippen molar-refractivity contribution >= 4 is 27.5 Å². The van der Waals surface area contributed by atoms with E-state index >= 15 is 0 Å². The average Bonchev–Trinajstić information content (AvgIpc) is 2.76. The van der Waals surface area contributed by atoms with E-state index in [0.29, 0.717) is 5.92 Å². The fourth-order valence-electron chi connectivity index (χ4n) is 2.52. The Morgan fingerprint density at radius 2 is 1.76 bits per heavy atom. The molecule has 1 saturated carbocycles. The summed E-state index contributed by atoms with van der Waals surface area (Å²) in [5, 5.41) is 0. The number of halogens is 1. The van der Waals surface area contributed by atoms with Crippen LogP contribution in [0.2, 0.25) is 0 Å². The minimum atomic E-state index is 0.498. The third-order valence-electron chi connectivity index (χ3n) is 3.47. The highest BCUT2D eigenvalue weighted by molar-refractivity contribution is 9.10. The van der Waals surface area contributed by atoms with Gasteiger partial charge in [-0.3, -0.25) is 0 Å². The number of aliphatic imine (C=N–C) groups is 1. The lowest BCUT2D eigenvalue weighted by Crippen LogP contribution is -2.21. The fraction of sp³-hybridized carbons (Fsp3) is 0.500. The summed E-state index contributed by atoms with van der Waals surface area (Å²) in [4.78, 5) is 4.65. The van der Waals surface area contributed by atoms with Gasteiger partial charge < -0.3 is 5.73 Å². The minimum Gasteiger partial charge on any atom is -0.387 e. The summed E-state index contributed by atoms with van der Waals surface area (Å²) in [5.41, 5.74) is 9.52. The summed E-state index contributed by atoms with van der Waals surface area (Å²) in [6.07, 6.45) is 4.98. The van der Waals surface area contributed by atoms with Gasteiger partial charge in [0, 0.05) is 10.4 Å². The molecule has 0 aromatic heterocycles. The summed E-state index contributed by atoms with van der Waals surface area (Å²) >= 11 is 3.50. The topological polar surface area (TPSA) is 38.4 Å². The number of amidine groups is 1. The van der Waals surface area contributed by atoms with Crippen LogP contribution in [-0.4, -0.2) is 5.84 Å². The van der Waals surface area contributed by atoms with Gasteiger partial charge >= 0.3 is 0 Å². The van der Waals surface area contributed by atoms with Gasteiger partial charge in [-0.25, -0.2) is 4.99 Å². The maximum atomic E-state index is 6.13. The van der Waals surface area contributed by atoms with Gasteiger partial charge in [0.1, 0.15) is 5.84 Å². The largest absolute Gasteiger partial charge is 0.387 e. The first-order valence-corrected chi connectivity index (χ1v) is 6.98. The second-order valence-corrected chi connectivity index (χ2v) is 5.82. The lowest BCUT2D eigenvalue weighted by atomic mass is 10.1. The Bertz CT molecular complexity index is 423. The van der Waals surface area contributed by atoms with Crippen LogP contribution in [0.5, 0.6) is 0 Å². The van der Waals surface area contributed by atoms with Gasteiger partial charge in [-0.05, 0) is 49.9 Å². The van der Waals surface area contributed by atoms with Crippen molar-refractivity contribution in [2.75, 3.05) is 0 Å². The zero-order valence-corrected chi connectivity index (χ0v) is 12.0. The Kier molecular flexibility index (Phi) is 3.87. The molecule has 2 N–H and O–H groups in total. The Hall–Kier alpha value is -0.830. The number of benzene rings is 1. The third-order valence-corrected chi connectivity index (χ3v) is 3.93. The molecule has 0 atom stereocenters. The number of hydrogen-bond acceptors (Lipinski definition) is 1. The van der Waals surface area contributed by atoms with E-state index in [1.807, 2.05) is 0 Å². The minimum absolute atomic E-state index is 0.498. The van der Waals surface area contributed by atoms with E-state index in [0.717, 1.165) is 16.0 Å². The smallest absolute Gasteiger partial charge is 0.103 e. The molecule has 0 amide bonds. The van der Waals surface area contributed by atoms with Gasteiger partial charge in [-0.1, -0.05) is 28.8 Å². The van der Waals surface area contributed by atoms with Gasteiger partial charge in [0.2, 0.25) is 0 Å². The maximum absolute atomic E-state index is 6.13. The maximum Gasteiger partial charge on any atom is 0.103 e. The van der Waals surface area contributed by atoms with Crippen LogP contribution in [0.4, 0.5) is 5.69 Å². The molecule has 0 heterocycles. The molecule has 1 aliphatic rings. The molecule has 0 unspecified atom stereocenters. The van der Waals surface area contributed by atoms with Crippen LogP contribution in [-0.2, 0) is 0 Å². The van der Waals surface area contributed by atoms with E-state index < -0.39 is 0 Å². The lowest BCUT2D eigenvalue weighted by Gasteiger charge is -2.11. The van der Waals surface area contributed by atoms with Crippen molar-refractivity contribution in [3.63, 3.8) is 0 Å². The Balaban J connectivity index is 2.31. The molecular weight excluding hydrogens is 276 g/mol. The molecule has 2 nitrogen and oxygen atoms in total. The van der Waals surface area contributed by atoms with Crippen LogP contribution in [0.25, 0.3) is 0 Å². The first-order chi connectivity index (χ1) is 8.08. The molecule has 1 fully saturated rings. The predicted octanol–water partition coefficient (Wildman–Crippen LogP) is 4.24. The summed E-state index contributed by atoms with van der Waals surface area (Å²) < 4.78 is 1.10. The van der Waals surface area contributed by atoms with E-state index in [1.165, 1.54) is 36.8 Å². The molecule has 1 aliphatic carbocycles. The van der Waals surface area contributed by atoms with Crippen LogP contribution in [0, 0.1) is 19.8 Å². The molecule has 1 aromatic rings. The van der Waals surface area contributed by atoms with Crippen molar-refractivity contribution in [3.8, 4) is 0 Å². The number of rotatable bonds is 2. The highest BCUT2D eigenvalue weighted by Crippen LogP contribution is 2.30. The van der Waals surface area contributed by atoms with E-state index in [2.05, 4.69) is 46.9 Å². The van der Waals surface area contributed by atoms with Crippen molar-refractivity contribution in [1.29, 1.82) is 0 Å². The molecule has 0 spiro atoms. The second kappa shape index (κ2) is 5.21. The van der Waals surface area contributed by atoms with Gasteiger partial charge in [0.25, 0.3) is 0 Å². The summed E-state index contributed by atoms with van der Waals surface area (Å²) in [5.74, 6) is 1.31. The van der Waals surface area contributed by atoms with Crippen molar-refractivity contribution in [2.45, 2.75) is 39.5 Å². The van der Waals surface area contributed by atoms with Crippen LogP contribution >= 0.6 is 15.9 Å². The SMILES string of the molecule is Cc1cc(Br)cc(C)c1N=C(N)C1CCCC1. The summed E-state index contributed by atoms with van der Waals surface area (Å²) in [6, 6.07) is 4.18. The number of hydrogen-bond donors (Lipinski definition) is 1. The number of nitrogens with two attached hydrogens (primary N) is 1. The zero-order valence-electron chi connectivity index (χ0n) is 10.5. The predicted molar refractivity (Wildman–Crippen MR) is 76.9 cm³/mol. The third kappa shape index (κ3) is 2.89. The standard InChI is InChI=1S/C14H19BrN2/c1-9-7-12(15)8-10(2)13(9)17-14(16)11-5-3-4-6-11/h7-8,11H,3-6H2,1-2H3,(H2,16,17). The second-order valence-electron chi connectivity index (χ2n) is 4.91. The quantitative estimate of drug-likeness (QED) is 0.643. The first kappa shape index (κ1) is 12.6.